The van der Waals surface area contributed by atoms with Crippen LogP contribution in [0.3, 0.4) is 0 Å². The van der Waals surface area contributed by atoms with Gasteiger partial charge in [0.2, 0.25) is 0 Å². The van der Waals surface area contributed by atoms with Gasteiger partial charge in [0.05, 0.1) is 24.6 Å². The molecule has 4 heterocycles. The summed E-state index contributed by atoms with van der Waals surface area (Å²) in [6.07, 6.45) is 19.5. The van der Waals surface area contributed by atoms with Gasteiger partial charge in [0.25, 0.3) is 0 Å². The summed E-state index contributed by atoms with van der Waals surface area (Å²) in [5.41, 5.74) is 4.74. The number of allylic oxidation sites excluding steroid dienone is 3. The molecule has 2 aliphatic heterocycles. The van der Waals surface area contributed by atoms with Crippen LogP contribution in [0.2, 0.25) is 0 Å². The average molecular weight is 292 g/mol. The molecule has 5 heteroatoms. The highest BCUT2D eigenvalue weighted by molar-refractivity contribution is 5.80. The Bertz CT molecular complexity index is 785. The number of aromatic nitrogens is 4. The zero-order chi connectivity index (χ0) is 15.0. The summed E-state index contributed by atoms with van der Waals surface area (Å²) in [6, 6.07) is 0. The highest BCUT2D eigenvalue weighted by atomic mass is 15.4. The van der Waals surface area contributed by atoms with Crippen molar-refractivity contribution in [3.63, 3.8) is 0 Å². The molecule has 0 saturated heterocycles. The largest absolute Gasteiger partial charge is 0.337 e. The molecule has 0 bridgehead atoms. The topological polar surface area (TPSA) is 43.6 Å². The first kappa shape index (κ1) is 13.2. The summed E-state index contributed by atoms with van der Waals surface area (Å²) in [5.74, 6) is 0. The van der Waals surface area contributed by atoms with Crippen LogP contribution in [0.25, 0.3) is 6.08 Å². The van der Waals surface area contributed by atoms with Crippen molar-refractivity contribution in [3.05, 3.63) is 66.3 Å². The van der Waals surface area contributed by atoms with Crippen LogP contribution >= 0.6 is 0 Å². The Balaban J connectivity index is 1.67. The van der Waals surface area contributed by atoms with Gasteiger partial charge in [-0.25, -0.2) is 9.47 Å². The number of quaternary nitrogens is 1. The fraction of sp³-hybridized carbons (Fsp3) is 0.235. The number of fused-ring (bicyclic) bond motifs is 3. The van der Waals surface area contributed by atoms with Crippen molar-refractivity contribution in [1.29, 1.82) is 0 Å². The SMILES string of the molecule is Cc1nncc2c1[N+]1(CCCn3ccnc3)C=CC=CC1=C2. The molecular formula is C17H18N5+. The molecule has 0 aliphatic carbocycles. The van der Waals surface area contributed by atoms with Crippen LogP contribution in [-0.2, 0) is 6.54 Å². The minimum Gasteiger partial charge on any atom is -0.337 e. The fourth-order valence-electron chi connectivity index (χ4n) is 3.45. The number of nitrogens with zero attached hydrogens (tertiary/aromatic N) is 5. The summed E-state index contributed by atoms with van der Waals surface area (Å²) in [7, 11) is 0. The molecule has 1 atom stereocenters. The third-order valence-electron chi connectivity index (χ3n) is 4.39. The molecule has 110 valence electrons. The van der Waals surface area contributed by atoms with Crippen LogP contribution in [0.1, 0.15) is 17.7 Å². The van der Waals surface area contributed by atoms with Gasteiger partial charge in [-0.2, -0.15) is 5.10 Å². The minimum atomic E-state index is 0.752. The van der Waals surface area contributed by atoms with Crippen molar-refractivity contribution >= 4 is 11.8 Å². The molecule has 0 saturated carbocycles. The van der Waals surface area contributed by atoms with E-state index < -0.39 is 0 Å². The Hall–Kier alpha value is -2.53. The molecule has 0 fully saturated rings. The molecule has 2 aromatic heterocycles. The summed E-state index contributed by atoms with van der Waals surface area (Å²) in [5, 5.41) is 8.37. The van der Waals surface area contributed by atoms with Crippen LogP contribution in [-0.4, -0.2) is 26.3 Å². The fourth-order valence-corrected chi connectivity index (χ4v) is 3.45. The summed E-state index contributed by atoms with van der Waals surface area (Å²) in [6.45, 7) is 4.02. The van der Waals surface area contributed by atoms with Crippen LogP contribution in [0.15, 0.2) is 55.0 Å². The van der Waals surface area contributed by atoms with E-state index in [1.165, 1.54) is 16.9 Å². The quantitative estimate of drug-likeness (QED) is 0.814. The Morgan fingerprint density at radius 2 is 2.23 bits per heavy atom. The normalized spacial score (nSPS) is 21.6. The zero-order valence-electron chi connectivity index (χ0n) is 12.6. The Morgan fingerprint density at radius 1 is 1.27 bits per heavy atom. The van der Waals surface area contributed by atoms with Gasteiger partial charge in [0.15, 0.2) is 5.69 Å². The molecule has 0 amide bonds. The molecule has 0 spiro atoms. The lowest BCUT2D eigenvalue weighted by Crippen LogP contribution is -2.43. The first-order valence-electron chi connectivity index (χ1n) is 7.54. The van der Waals surface area contributed by atoms with E-state index in [1.54, 1.807) is 0 Å². The molecule has 0 radical (unpaired) electrons. The Morgan fingerprint density at radius 3 is 3.09 bits per heavy atom. The lowest BCUT2D eigenvalue weighted by atomic mass is 10.1. The molecular weight excluding hydrogens is 274 g/mol. The van der Waals surface area contributed by atoms with E-state index in [0.29, 0.717) is 0 Å². The van der Waals surface area contributed by atoms with Gasteiger partial charge in [-0.1, -0.05) is 6.08 Å². The number of rotatable bonds is 4. The van der Waals surface area contributed by atoms with Crippen molar-refractivity contribution < 1.29 is 0 Å². The van der Waals surface area contributed by atoms with Crippen LogP contribution < -0.4 is 4.48 Å². The van der Waals surface area contributed by atoms with E-state index in [-0.39, 0.29) is 0 Å². The van der Waals surface area contributed by atoms with E-state index in [2.05, 4.69) is 50.3 Å². The molecule has 4 rings (SSSR count). The first-order chi connectivity index (χ1) is 10.8. The van der Waals surface area contributed by atoms with Gasteiger partial charge in [-0.05, 0) is 13.0 Å². The summed E-state index contributed by atoms with van der Waals surface area (Å²) in [4.78, 5) is 4.11. The second-order valence-electron chi connectivity index (χ2n) is 5.75. The second-order valence-corrected chi connectivity index (χ2v) is 5.75. The highest BCUT2D eigenvalue weighted by Gasteiger charge is 2.41. The van der Waals surface area contributed by atoms with Gasteiger partial charge in [0, 0.05) is 37.5 Å². The first-order valence-corrected chi connectivity index (χ1v) is 7.54. The standard InChI is InChI=1S/C17H18N5/c1-14-17-15(12-19-20-14)11-16-5-2-3-9-22(16,17)10-4-7-21-8-6-18-13-21/h2-3,5-6,8-9,11-13H,4,7,10H2,1H3/q+1. The summed E-state index contributed by atoms with van der Waals surface area (Å²) < 4.78 is 2.88. The highest BCUT2D eigenvalue weighted by Crippen LogP contribution is 2.44. The molecule has 2 aromatic rings. The van der Waals surface area contributed by atoms with E-state index in [4.69, 9.17) is 0 Å². The molecule has 0 N–H and O–H groups in total. The summed E-state index contributed by atoms with van der Waals surface area (Å²) >= 11 is 0. The predicted octanol–water partition coefficient (Wildman–Crippen LogP) is 2.82. The lowest BCUT2D eigenvalue weighted by Gasteiger charge is -2.33. The maximum Gasteiger partial charge on any atom is 0.175 e. The second kappa shape index (κ2) is 5.03. The lowest BCUT2D eigenvalue weighted by molar-refractivity contribution is 0.435. The van der Waals surface area contributed by atoms with Gasteiger partial charge >= 0.3 is 0 Å². The Labute approximate surface area is 129 Å². The van der Waals surface area contributed by atoms with Crippen LogP contribution in [0.4, 0.5) is 5.69 Å². The number of hydrogen-bond acceptors (Lipinski definition) is 3. The zero-order valence-corrected chi connectivity index (χ0v) is 12.6. The van der Waals surface area contributed by atoms with Crippen molar-refractivity contribution in [3.8, 4) is 0 Å². The minimum absolute atomic E-state index is 0.752. The van der Waals surface area contributed by atoms with E-state index in [9.17, 15) is 0 Å². The average Bonchev–Trinajstić information content (AvgIpc) is 3.13. The molecule has 22 heavy (non-hydrogen) atoms. The predicted molar refractivity (Wildman–Crippen MR) is 86.5 cm³/mol. The van der Waals surface area contributed by atoms with Crippen LogP contribution in [0, 0.1) is 6.92 Å². The van der Waals surface area contributed by atoms with E-state index in [0.717, 1.165) is 29.7 Å². The maximum atomic E-state index is 4.27. The number of aryl methyl sites for hydroxylation is 2. The molecule has 5 nitrogen and oxygen atoms in total. The van der Waals surface area contributed by atoms with Gasteiger partial charge < -0.3 is 4.57 Å². The van der Waals surface area contributed by atoms with Crippen molar-refractivity contribution in [2.75, 3.05) is 6.54 Å². The number of hydrogen-bond donors (Lipinski definition) is 0. The maximum absolute atomic E-state index is 4.27. The van der Waals surface area contributed by atoms with Gasteiger partial charge in [0.1, 0.15) is 17.6 Å². The molecule has 2 aliphatic rings. The van der Waals surface area contributed by atoms with Gasteiger partial charge in [-0.15, -0.1) is 5.10 Å². The Kier molecular flexibility index (Phi) is 3.01. The van der Waals surface area contributed by atoms with Crippen molar-refractivity contribution in [2.24, 2.45) is 0 Å². The van der Waals surface area contributed by atoms with E-state index >= 15 is 0 Å². The number of imidazole rings is 1. The van der Waals surface area contributed by atoms with Crippen molar-refractivity contribution in [2.45, 2.75) is 19.9 Å². The smallest absolute Gasteiger partial charge is 0.175 e. The van der Waals surface area contributed by atoms with Gasteiger partial charge in [-0.3, -0.25) is 0 Å². The van der Waals surface area contributed by atoms with Crippen LogP contribution in [0.5, 0.6) is 0 Å². The monoisotopic (exact) mass is 292 g/mol. The molecule has 0 aromatic carbocycles. The van der Waals surface area contributed by atoms with Crippen molar-refractivity contribution in [1.82, 2.24) is 24.2 Å². The third-order valence-corrected chi connectivity index (χ3v) is 4.39. The van der Waals surface area contributed by atoms with E-state index in [1.807, 2.05) is 31.8 Å². The third kappa shape index (κ3) is 1.94. The molecule has 1 unspecified atom stereocenters.